The highest BCUT2D eigenvalue weighted by Gasteiger charge is 2.34. The average Bonchev–Trinajstić information content (AvgIpc) is 3.63. The number of thiazole rings is 1. The lowest BCUT2D eigenvalue weighted by Crippen LogP contribution is -2.39. The normalized spacial score (nSPS) is 15.3. The number of esters is 1. The zero-order valence-corrected chi connectivity index (χ0v) is 25.0. The van der Waals surface area contributed by atoms with Gasteiger partial charge in [-0.05, 0) is 61.4 Å². The molecule has 0 amide bonds. The van der Waals surface area contributed by atoms with Crippen LogP contribution in [0.5, 0.6) is 23.0 Å². The van der Waals surface area contributed by atoms with E-state index in [0.717, 1.165) is 5.56 Å². The second-order valence-corrected chi connectivity index (χ2v) is 10.9. The van der Waals surface area contributed by atoms with Crippen LogP contribution in [-0.4, -0.2) is 31.0 Å². The van der Waals surface area contributed by atoms with Crippen molar-refractivity contribution in [3.05, 3.63) is 114 Å². The summed E-state index contributed by atoms with van der Waals surface area (Å²) in [5.74, 6) is 1.56. The van der Waals surface area contributed by atoms with E-state index in [1.54, 1.807) is 56.3 Å². The van der Waals surface area contributed by atoms with Gasteiger partial charge in [0.1, 0.15) is 6.61 Å². The molecule has 44 heavy (non-hydrogen) atoms. The third kappa shape index (κ3) is 5.31. The van der Waals surface area contributed by atoms with E-state index in [1.807, 2.05) is 24.3 Å². The molecule has 4 aromatic rings. The Morgan fingerprint density at radius 3 is 2.75 bits per heavy atom. The van der Waals surface area contributed by atoms with Crippen molar-refractivity contribution in [1.29, 1.82) is 5.26 Å². The van der Waals surface area contributed by atoms with Gasteiger partial charge in [0.15, 0.2) is 27.8 Å². The molecule has 0 saturated heterocycles. The smallest absolute Gasteiger partial charge is 0.338 e. The quantitative estimate of drug-likeness (QED) is 0.275. The molecule has 3 aromatic carbocycles. The van der Waals surface area contributed by atoms with Crippen LogP contribution in [0.3, 0.4) is 0 Å². The molecule has 11 heteroatoms. The van der Waals surface area contributed by atoms with Gasteiger partial charge in [0.05, 0.1) is 47.2 Å². The highest BCUT2D eigenvalue weighted by atomic mass is 32.1. The number of carbonyl (C=O) groups excluding carboxylic acids is 1. The van der Waals surface area contributed by atoms with Gasteiger partial charge in [-0.1, -0.05) is 41.7 Å². The highest BCUT2D eigenvalue weighted by Crippen LogP contribution is 2.38. The summed E-state index contributed by atoms with van der Waals surface area (Å²) in [4.78, 5) is 32.2. The fourth-order valence-corrected chi connectivity index (χ4v) is 6.19. The number of hydrogen-bond acceptors (Lipinski definition) is 10. The lowest BCUT2D eigenvalue weighted by molar-refractivity contribution is -0.139. The molecule has 3 heterocycles. The van der Waals surface area contributed by atoms with Crippen molar-refractivity contribution in [2.24, 2.45) is 4.99 Å². The van der Waals surface area contributed by atoms with E-state index in [4.69, 9.17) is 23.7 Å². The molecule has 0 aliphatic carbocycles. The molecule has 0 bridgehead atoms. The van der Waals surface area contributed by atoms with Gasteiger partial charge < -0.3 is 23.7 Å². The number of fused-ring (bicyclic) bond motifs is 2. The summed E-state index contributed by atoms with van der Waals surface area (Å²) >= 11 is 1.22. The number of allylic oxidation sites excluding steroid dienone is 1. The number of benzene rings is 3. The number of aromatic nitrogens is 1. The van der Waals surface area contributed by atoms with Gasteiger partial charge in [0.25, 0.3) is 5.56 Å². The Morgan fingerprint density at radius 1 is 1.14 bits per heavy atom. The Morgan fingerprint density at radius 2 is 1.95 bits per heavy atom. The largest absolute Gasteiger partial charge is 0.493 e. The van der Waals surface area contributed by atoms with Crippen molar-refractivity contribution in [2.45, 2.75) is 26.5 Å². The van der Waals surface area contributed by atoms with Crippen LogP contribution >= 0.6 is 11.3 Å². The molecular formula is C33H27N3O7S. The van der Waals surface area contributed by atoms with E-state index in [1.165, 1.54) is 23.0 Å². The van der Waals surface area contributed by atoms with Crippen molar-refractivity contribution < 1.29 is 28.5 Å². The van der Waals surface area contributed by atoms with Crippen LogP contribution in [0.2, 0.25) is 0 Å². The zero-order chi connectivity index (χ0) is 30.8. The number of ether oxygens (including phenoxy) is 5. The summed E-state index contributed by atoms with van der Waals surface area (Å²) in [6.07, 6.45) is 1.75. The average molecular weight is 610 g/mol. The Kier molecular flexibility index (Phi) is 7.91. The Hall–Kier alpha value is -5.34. The van der Waals surface area contributed by atoms with Crippen molar-refractivity contribution in [3.8, 4) is 29.1 Å². The monoisotopic (exact) mass is 609 g/mol. The van der Waals surface area contributed by atoms with Crippen LogP contribution < -0.4 is 33.8 Å². The van der Waals surface area contributed by atoms with Crippen molar-refractivity contribution in [1.82, 2.24) is 4.57 Å². The van der Waals surface area contributed by atoms with Gasteiger partial charge in [0.2, 0.25) is 6.79 Å². The molecule has 10 nitrogen and oxygen atoms in total. The lowest BCUT2D eigenvalue weighted by atomic mass is 9.95. The number of nitrogens with zero attached hydrogens (tertiary/aromatic N) is 3. The van der Waals surface area contributed by atoms with Gasteiger partial charge in [-0.25, -0.2) is 9.79 Å². The van der Waals surface area contributed by atoms with Crippen LogP contribution in [0.15, 0.2) is 81.7 Å². The number of nitriles is 1. The second-order valence-electron chi connectivity index (χ2n) is 9.88. The zero-order valence-electron chi connectivity index (χ0n) is 24.2. The van der Waals surface area contributed by atoms with Crippen LogP contribution in [0, 0.1) is 11.3 Å². The van der Waals surface area contributed by atoms with Crippen LogP contribution in [-0.2, 0) is 16.1 Å². The van der Waals surface area contributed by atoms with Crippen molar-refractivity contribution in [2.75, 3.05) is 20.5 Å². The van der Waals surface area contributed by atoms with Gasteiger partial charge in [-0.15, -0.1) is 0 Å². The van der Waals surface area contributed by atoms with Gasteiger partial charge in [-0.2, -0.15) is 5.26 Å². The molecular weight excluding hydrogens is 582 g/mol. The predicted octanol–water partition coefficient (Wildman–Crippen LogP) is 3.99. The number of carbonyl (C=O) groups is 1. The summed E-state index contributed by atoms with van der Waals surface area (Å²) in [6.45, 7) is 3.94. The lowest BCUT2D eigenvalue weighted by Gasteiger charge is -2.24. The Labute approximate surface area is 256 Å². The van der Waals surface area contributed by atoms with E-state index >= 15 is 0 Å². The molecule has 2 aliphatic heterocycles. The molecule has 0 N–H and O–H groups in total. The van der Waals surface area contributed by atoms with Gasteiger partial charge >= 0.3 is 5.97 Å². The molecule has 222 valence electrons. The van der Waals surface area contributed by atoms with E-state index < -0.39 is 12.0 Å². The first-order chi connectivity index (χ1) is 21.4. The Bertz CT molecular complexity index is 2040. The SMILES string of the molecule is CCOC(=O)C1=C(C)N=c2s/c(=C\c3ccc(OCc4ccccc4C#N)c(OC)c3)c(=O)n2[C@H]1c1ccc2c(c1)OCO2. The van der Waals surface area contributed by atoms with Crippen LogP contribution in [0.1, 0.15) is 42.1 Å². The van der Waals surface area contributed by atoms with E-state index in [9.17, 15) is 14.9 Å². The second kappa shape index (κ2) is 12.1. The van der Waals surface area contributed by atoms with Crippen LogP contribution in [0.25, 0.3) is 6.08 Å². The molecule has 6 rings (SSSR count). The number of methoxy groups -OCH3 is 1. The van der Waals surface area contributed by atoms with Gasteiger partial charge in [-0.3, -0.25) is 9.36 Å². The maximum Gasteiger partial charge on any atom is 0.338 e. The van der Waals surface area contributed by atoms with Crippen molar-refractivity contribution in [3.63, 3.8) is 0 Å². The predicted molar refractivity (Wildman–Crippen MR) is 161 cm³/mol. The fraction of sp³-hybridized carbons (Fsp3) is 0.212. The summed E-state index contributed by atoms with van der Waals surface area (Å²) < 4.78 is 29.9. The maximum atomic E-state index is 14.0. The minimum absolute atomic E-state index is 0.0988. The third-order valence-corrected chi connectivity index (χ3v) is 8.22. The standard InChI is InChI=1S/C33H27N3O7S/c1-4-40-32(38)29-19(2)35-33-36(30(29)21-10-12-25-27(15-21)43-18-42-25)31(37)28(44-33)14-20-9-11-24(26(13-20)39-3)41-17-23-8-6-5-7-22(23)16-34/h5-15,30H,4,17-18H2,1-3H3/b28-14-/t30-/m0/s1. The molecule has 0 fully saturated rings. The summed E-state index contributed by atoms with van der Waals surface area (Å²) in [7, 11) is 1.54. The minimum atomic E-state index is -0.774. The molecule has 1 atom stereocenters. The maximum absolute atomic E-state index is 14.0. The first-order valence-electron chi connectivity index (χ1n) is 13.8. The van der Waals surface area contributed by atoms with E-state index in [-0.39, 0.29) is 31.1 Å². The van der Waals surface area contributed by atoms with Crippen LogP contribution in [0.4, 0.5) is 0 Å². The third-order valence-electron chi connectivity index (χ3n) is 7.24. The first-order valence-corrected chi connectivity index (χ1v) is 14.6. The molecule has 0 unspecified atom stereocenters. The van der Waals surface area contributed by atoms with Crippen molar-refractivity contribution >= 4 is 23.4 Å². The summed E-state index contributed by atoms with van der Waals surface area (Å²) in [5.41, 5.74) is 3.12. The summed E-state index contributed by atoms with van der Waals surface area (Å²) in [6, 6.07) is 19.3. The Balaban J connectivity index is 1.39. The minimum Gasteiger partial charge on any atom is -0.493 e. The number of hydrogen-bond donors (Lipinski definition) is 0. The molecule has 0 saturated carbocycles. The summed E-state index contributed by atoms with van der Waals surface area (Å²) in [5, 5.41) is 9.37. The molecule has 0 spiro atoms. The fourth-order valence-electron chi connectivity index (χ4n) is 5.15. The molecule has 1 aromatic heterocycles. The molecule has 2 aliphatic rings. The topological polar surface area (TPSA) is 121 Å². The molecule has 0 radical (unpaired) electrons. The first kappa shape index (κ1) is 28.8. The van der Waals surface area contributed by atoms with E-state index in [2.05, 4.69) is 11.1 Å². The highest BCUT2D eigenvalue weighted by molar-refractivity contribution is 7.07. The van der Waals surface area contributed by atoms with Gasteiger partial charge in [0, 0.05) is 5.56 Å². The number of rotatable bonds is 8. The van der Waals surface area contributed by atoms with E-state index in [0.29, 0.717) is 54.7 Å².